The Hall–Kier alpha value is -4.02. The van der Waals surface area contributed by atoms with Crippen LogP contribution in [0.2, 0.25) is 0 Å². The summed E-state index contributed by atoms with van der Waals surface area (Å²) < 4.78 is 5.43. The van der Waals surface area contributed by atoms with Crippen LogP contribution < -0.4 is 5.43 Å². The molecule has 9 unspecified atom stereocenters. The SMILES string of the molecule is CC1(C)CCC2(C(=O)O)C(O)CC3(C)C(=CCC4C5(C)CCC(O)C(C)(C)C5CCC43C)C2C1.O=c1c(O)c(-c2ccc(O)c(O)c2)oc2cc(O)ccc12. The monoisotopic (exact) mass is 758 g/mol. The predicted molar refractivity (Wildman–Crippen MR) is 209 cm³/mol. The van der Waals surface area contributed by atoms with Crippen LogP contribution in [0.5, 0.6) is 23.0 Å². The van der Waals surface area contributed by atoms with E-state index in [4.69, 9.17) is 4.42 Å². The fourth-order valence-electron chi connectivity index (χ4n) is 12.8. The molecule has 7 N–H and O–H groups in total. The molecule has 5 aliphatic carbocycles. The molecule has 8 rings (SSSR count). The fourth-order valence-corrected chi connectivity index (χ4v) is 12.8. The van der Waals surface area contributed by atoms with Crippen molar-refractivity contribution in [3.05, 3.63) is 58.3 Å². The van der Waals surface area contributed by atoms with Crippen LogP contribution in [0, 0.1) is 50.2 Å². The van der Waals surface area contributed by atoms with E-state index in [0.717, 1.165) is 51.0 Å². The third-order valence-corrected chi connectivity index (χ3v) is 16.2. The summed E-state index contributed by atoms with van der Waals surface area (Å²) in [6.07, 6.45) is 9.35. The highest BCUT2D eigenvalue weighted by Gasteiger charge is 2.71. The molecular formula is C45H58O10. The summed E-state index contributed by atoms with van der Waals surface area (Å²) in [5, 5.41) is 71.4. The number of carboxylic acid groups (broad SMARTS) is 1. The number of benzene rings is 2. The minimum Gasteiger partial charge on any atom is -0.508 e. The van der Waals surface area contributed by atoms with E-state index < -0.39 is 34.4 Å². The molecule has 10 heteroatoms. The maximum absolute atomic E-state index is 12.8. The lowest BCUT2D eigenvalue weighted by molar-refractivity contribution is -0.218. The van der Waals surface area contributed by atoms with Gasteiger partial charge < -0.3 is 40.2 Å². The molecule has 0 saturated heterocycles. The van der Waals surface area contributed by atoms with Gasteiger partial charge in [-0.1, -0.05) is 60.1 Å². The summed E-state index contributed by atoms with van der Waals surface area (Å²) in [5.74, 6) is -1.52. The number of rotatable bonds is 2. The van der Waals surface area contributed by atoms with E-state index in [1.807, 2.05) is 0 Å². The van der Waals surface area contributed by atoms with E-state index in [2.05, 4.69) is 54.5 Å². The van der Waals surface area contributed by atoms with E-state index in [1.165, 1.54) is 35.9 Å². The van der Waals surface area contributed by atoms with Crippen LogP contribution in [-0.2, 0) is 4.79 Å². The number of aliphatic hydroxyl groups is 2. The maximum atomic E-state index is 12.8. The van der Waals surface area contributed by atoms with Crippen molar-refractivity contribution in [3.8, 4) is 34.3 Å². The quantitative estimate of drug-likeness (QED) is 0.0986. The number of hydrogen-bond donors (Lipinski definition) is 7. The second-order valence-electron chi connectivity index (χ2n) is 19.6. The fraction of sp³-hybridized carbons (Fsp3) is 0.600. The summed E-state index contributed by atoms with van der Waals surface area (Å²) in [5.41, 5.74) is -0.0480. The number of allylic oxidation sites excluding steroid dienone is 2. The molecule has 0 aliphatic heterocycles. The van der Waals surface area contributed by atoms with Crippen LogP contribution in [0.4, 0.5) is 0 Å². The number of phenols is 3. The summed E-state index contributed by atoms with van der Waals surface area (Å²) in [4.78, 5) is 24.9. The van der Waals surface area contributed by atoms with Gasteiger partial charge in [0.2, 0.25) is 11.2 Å². The average molecular weight is 759 g/mol. The normalized spacial score (nSPS) is 37.2. The molecule has 4 fully saturated rings. The number of fused-ring (bicyclic) bond motifs is 8. The lowest BCUT2D eigenvalue weighted by Gasteiger charge is -2.71. The van der Waals surface area contributed by atoms with Gasteiger partial charge >= 0.3 is 5.97 Å². The van der Waals surface area contributed by atoms with Gasteiger partial charge in [-0.05, 0) is 133 Å². The van der Waals surface area contributed by atoms with Gasteiger partial charge in [-0.3, -0.25) is 9.59 Å². The van der Waals surface area contributed by atoms with Gasteiger partial charge in [-0.25, -0.2) is 0 Å². The molecular weight excluding hydrogens is 700 g/mol. The van der Waals surface area contributed by atoms with Crippen LogP contribution in [0.3, 0.4) is 0 Å². The Morgan fingerprint density at radius 3 is 2.16 bits per heavy atom. The summed E-state index contributed by atoms with van der Waals surface area (Å²) in [7, 11) is 0. The lowest BCUT2D eigenvalue weighted by atomic mass is 9.33. The zero-order valence-electron chi connectivity index (χ0n) is 33.1. The molecule has 2 aromatic carbocycles. The number of hydrogen-bond acceptors (Lipinski definition) is 9. The third-order valence-electron chi connectivity index (χ3n) is 16.2. The van der Waals surface area contributed by atoms with E-state index in [9.17, 15) is 45.3 Å². The summed E-state index contributed by atoms with van der Waals surface area (Å²) in [6.45, 7) is 16.4. The lowest BCUT2D eigenvalue weighted by Crippen LogP contribution is -2.67. The van der Waals surface area contributed by atoms with Gasteiger partial charge in [0.05, 0.1) is 17.6 Å². The number of aromatic hydroxyl groups is 4. The van der Waals surface area contributed by atoms with E-state index >= 15 is 0 Å². The number of aliphatic carboxylic acids is 1. The Labute approximate surface area is 322 Å². The molecule has 0 bridgehead atoms. The summed E-state index contributed by atoms with van der Waals surface area (Å²) in [6, 6.07) is 7.64. The van der Waals surface area contributed by atoms with E-state index in [0.29, 0.717) is 24.7 Å². The maximum Gasteiger partial charge on any atom is 0.312 e. The highest BCUT2D eigenvalue weighted by molar-refractivity contribution is 5.83. The van der Waals surface area contributed by atoms with Crippen LogP contribution >= 0.6 is 0 Å². The molecule has 0 radical (unpaired) electrons. The Balaban J connectivity index is 0.000000190. The highest BCUT2D eigenvalue weighted by Crippen LogP contribution is 2.75. The van der Waals surface area contributed by atoms with Crippen LogP contribution in [0.15, 0.2) is 57.3 Å². The van der Waals surface area contributed by atoms with Crippen molar-refractivity contribution in [1.82, 2.24) is 0 Å². The minimum absolute atomic E-state index is 0.0218. The Bertz CT molecular complexity index is 2130. The zero-order valence-corrected chi connectivity index (χ0v) is 33.1. The number of aliphatic hydroxyl groups excluding tert-OH is 2. The van der Waals surface area contributed by atoms with Gasteiger partial charge in [0.25, 0.3) is 0 Å². The zero-order chi connectivity index (χ0) is 40.3. The molecule has 0 amide bonds. The minimum atomic E-state index is -1.04. The second kappa shape index (κ2) is 12.7. The van der Waals surface area contributed by atoms with Crippen molar-refractivity contribution in [2.75, 3.05) is 0 Å². The molecule has 1 heterocycles. The van der Waals surface area contributed by atoms with Crippen LogP contribution in [0.25, 0.3) is 22.3 Å². The average Bonchev–Trinajstić information content (AvgIpc) is 3.09. The molecule has 1 aromatic heterocycles. The first-order valence-corrected chi connectivity index (χ1v) is 19.8. The molecule has 3 aromatic rings. The van der Waals surface area contributed by atoms with Crippen molar-refractivity contribution in [2.24, 2.45) is 50.2 Å². The predicted octanol–water partition coefficient (Wildman–Crippen LogP) is 8.49. The first-order chi connectivity index (χ1) is 25.5. The number of phenolic OH excluding ortho intramolecular Hbond substituents is 3. The molecule has 298 valence electrons. The van der Waals surface area contributed by atoms with Crippen molar-refractivity contribution >= 4 is 16.9 Å². The number of carbonyl (C=O) groups is 1. The Kier molecular flexibility index (Phi) is 9.09. The topological polar surface area (TPSA) is 189 Å². The molecule has 9 atom stereocenters. The number of carboxylic acids is 1. The standard InChI is InChI=1S/C30H48O4.C15H10O6/c1-25(2)14-15-30(24(33)34)19(16-25)18-8-9-21-27(5)12-11-22(31)26(3,4)20(27)10-13-28(21,6)29(18,7)17-23(30)32;16-8-2-3-9-12(6-8)21-15(14(20)13(9)19)7-1-4-10(17)11(18)5-7/h8,19-23,31-32H,9-17H2,1-7H3,(H,33,34);1-6,16-18,20H. The van der Waals surface area contributed by atoms with Crippen LogP contribution in [-0.4, -0.2) is 53.9 Å². The van der Waals surface area contributed by atoms with Gasteiger partial charge in [0, 0.05) is 11.6 Å². The Morgan fingerprint density at radius 1 is 0.782 bits per heavy atom. The van der Waals surface area contributed by atoms with Gasteiger partial charge in [0.1, 0.15) is 16.7 Å². The van der Waals surface area contributed by atoms with Gasteiger partial charge in [-0.15, -0.1) is 0 Å². The van der Waals surface area contributed by atoms with E-state index in [1.54, 1.807) is 0 Å². The molecule has 55 heavy (non-hydrogen) atoms. The van der Waals surface area contributed by atoms with Crippen LogP contribution in [0.1, 0.15) is 106 Å². The summed E-state index contributed by atoms with van der Waals surface area (Å²) >= 11 is 0. The largest absolute Gasteiger partial charge is 0.508 e. The van der Waals surface area contributed by atoms with Crippen molar-refractivity contribution in [3.63, 3.8) is 0 Å². The second-order valence-corrected chi connectivity index (χ2v) is 19.6. The molecule has 5 aliphatic rings. The smallest absolute Gasteiger partial charge is 0.312 e. The molecule has 4 saturated carbocycles. The van der Waals surface area contributed by atoms with E-state index in [-0.39, 0.29) is 72.9 Å². The first-order valence-electron chi connectivity index (χ1n) is 19.8. The van der Waals surface area contributed by atoms with Crippen molar-refractivity contribution in [2.45, 2.75) is 118 Å². The highest BCUT2D eigenvalue weighted by atomic mass is 16.4. The van der Waals surface area contributed by atoms with Gasteiger partial charge in [-0.2, -0.15) is 0 Å². The molecule has 10 nitrogen and oxygen atoms in total. The molecule has 0 spiro atoms. The Morgan fingerprint density at radius 2 is 1.49 bits per heavy atom. The third kappa shape index (κ3) is 5.63. The van der Waals surface area contributed by atoms with Gasteiger partial charge in [0.15, 0.2) is 17.3 Å². The van der Waals surface area contributed by atoms with Crippen molar-refractivity contribution in [1.29, 1.82) is 0 Å². The van der Waals surface area contributed by atoms with Crippen molar-refractivity contribution < 1.29 is 45.0 Å². The first kappa shape index (κ1) is 39.2.